The van der Waals surface area contributed by atoms with Crippen molar-refractivity contribution < 1.29 is 17.9 Å². The molecule has 0 radical (unpaired) electrons. The van der Waals surface area contributed by atoms with Gasteiger partial charge in [-0.15, -0.1) is 0 Å². The molecule has 14 heteroatoms. The zero-order valence-corrected chi connectivity index (χ0v) is 25.2. The molecule has 0 aliphatic carbocycles. The molecule has 6 rings (SSSR count). The van der Waals surface area contributed by atoms with Crippen molar-refractivity contribution in [1.82, 2.24) is 9.97 Å². The number of thiazole rings is 2. The number of hydrogen-bond acceptors (Lipinski definition) is 8. The van der Waals surface area contributed by atoms with Gasteiger partial charge < -0.3 is 9.47 Å². The standard InChI is InChI=1S/C26H13Cl4N3O4S3/c27-13-1-4-20-18(9-13)32-25(38-20)36-15-7-12(23-17(29)3-6-22(24(23)30)40(31,34)35)8-16(11-15)37-26-33-19-10-14(28)2-5-21(19)39-26/h1-11H,(H2,31,34,35). The molecule has 0 saturated carbocycles. The first-order valence-electron chi connectivity index (χ1n) is 11.2. The maximum Gasteiger partial charge on any atom is 0.279 e. The zero-order chi connectivity index (χ0) is 28.2. The molecule has 0 bridgehead atoms. The van der Waals surface area contributed by atoms with E-state index in [9.17, 15) is 8.42 Å². The van der Waals surface area contributed by atoms with Gasteiger partial charge >= 0.3 is 0 Å². The van der Waals surface area contributed by atoms with Gasteiger partial charge in [0.1, 0.15) is 16.4 Å². The third-order valence-electron chi connectivity index (χ3n) is 5.60. The van der Waals surface area contributed by atoms with E-state index in [1.165, 1.54) is 34.8 Å². The van der Waals surface area contributed by atoms with Crippen LogP contribution in [0.4, 0.5) is 0 Å². The largest absolute Gasteiger partial charge is 0.431 e. The van der Waals surface area contributed by atoms with Crippen molar-refractivity contribution in [2.24, 2.45) is 5.14 Å². The Morgan fingerprint density at radius 3 is 1.73 bits per heavy atom. The molecule has 0 saturated heterocycles. The Morgan fingerprint density at radius 1 is 0.700 bits per heavy atom. The minimum atomic E-state index is -4.13. The Morgan fingerprint density at radius 2 is 1.23 bits per heavy atom. The lowest BCUT2D eigenvalue weighted by molar-refractivity contribution is 0.458. The summed E-state index contributed by atoms with van der Waals surface area (Å²) < 4.78 is 38.3. The Bertz CT molecular complexity index is 1960. The van der Waals surface area contributed by atoms with E-state index >= 15 is 0 Å². The summed E-state index contributed by atoms with van der Waals surface area (Å²) in [7, 11) is -4.13. The third-order valence-corrected chi connectivity index (χ3v) is 9.67. The predicted octanol–water partition coefficient (Wildman–Crippen LogP) is 9.42. The molecule has 4 aromatic carbocycles. The number of sulfonamides is 1. The maximum atomic E-state index is 12.2. The monoisotopic (exact) mass is 667 g/mol. The summed E-state index contributed by atoms with van der Waals surface area (Å²) in [6.45, 7) is 0. The lowest BCUT2D eigenvalue weighted by Crippen LogP contribution is -2.13. The second-order valence-corrected chi connectivity index (χ2v) is 13.5. The molecule has 0 aliphatic rings. The van der Waals surface area contributed by atoms with E-state index in [0.717, 1.165) is 9.40 Å². The molecule has 0 aliphatic heterocycles. The molecule has 0 atom stereocenters. The van der Waals surface area contributed by atoms with E-state index in [-0.39, 0.29) is 20.5 Å². The molecule has 202 valence electrons. The first-order valence-corrected chi connectivity index (χ1v) is 15.9. The Hall–Kier alpha value is -2.67. The average molecular weight is 669 g/mol. The van der Waals surface area contributed by atoms with Crippen LogP contribution >= 0.6 is 69.1 Å². The Labute approximate surface area is 255 Å². The van der Waals surface area contributed by atoms with E-state index in [4.69, 9.17) is 61.0 Å². The van der Waals surface area contributed by atoms with E-state index in [2.05, 4.69) is 9.97 Å². The van der Waals surface area contributed by atoms with Crippen molar-refractivity contribution in [3.63, 3.8) is 0 Å². The highest BCUT2D eigenvalue weighted by Crippen LogP contribution is 2.43. The number of nitrogens with zero attached hydrogens (tertiary/aromatic N) is 2. The Kier molecular flexibility index (Phi) is 7.30. The summed E-state index contributed by atoms with van der Waals surface area (Å²) in [6.07, 6.45) is 0. The molecule has 6 aromatic rings. The summed E-state index contributed by atoms with van der Waals surface area (Å²) in [5.74, 6) is 0.657. The number of halogens is 4. The molecule has 0 fully saturated rings. The minimum Gasteiger partial charge on any atom is -0.431 e. The van der Waals surface area contributed by atoms with Crippen molar-refractivity contribution in [1.29, 1.82) is 0 Å². The molecular formula is C26H13Cl4N3O4S3. The quantitative estimate of drug-likeness (QED) is 0.190. The van der Waals surface area contributed by atoms with Crippen molar-refractivity contribution in [3.05, 3.63) is 86.8 Å². The van der Waals surface area contributed by atoms with Crippen molar-refractivity contribution in [3.8, 4) is 33.0 Å². The predicted molar refractivity (Wildman–Crippen MR) is 163 cm³/mol. The van der Waals surface area contributed by atoms with Crippen LogP contribution in [0, 0.1) is 0 Å². The van der Waals surface area contributed by atoms with Crippen molar-refractivity contribution >= 4 is 99.5 Å². The van der Waals surface area contributed by atoms with Gasteiger partial charge in [0.25, 0.3) is 10.4 Å². The van der Waals surface area contributed by atoms with Gasteiger partial charge in [0.15, 0.2) is 0 Å². The average Bonchev–Trinajstić information content (AvgIpc) is 3.45. The number of primary sulfonamides is 1. The zero-order valence-electron chi connectivity index (χ0n) is 19.7. The van der Waals surface area contributed by atoms with Gasteiger partial charge in [0.05, 0.1) is 25.5 Å². The third kappa shape index (κ3) is 5.59. The lowest BCUT2D eigenvalue weighted by Gasteiger charge is -2.14. The number of fused-ring (bicyclic) bond motifs is 2. The summed E-state index contributed by atoms with van der Waals surface area (Å²) in [5, 5.41) is 7.25. The summed E-state index contributed by atoms with van der Waals surface area (Å²) >= 11 is 27.9. The number of hydrogen-bond donors (Lipinski definition) is 1. The van der Waals surface area contributed by atoms with Crippen LogP contribution in [-0.4, -0.2) is 18.4 Å². The fraction of sp³-hybridized carbons (Fsp3) is 0. The number of aromatic nitrogens is 2. The molecule has 2 N–H and O–H groups in total. The highest BCUT2D eigenvalue weighted by Gasteiger charge is 2.21. The molecule has 0 spiro atoms. The summed E-state index contributed by atoms with van der Waals surface area (Å²) in [5.41, 5.74) is 2.01. The van der Waals surface area contributed by atoms with Crippen LogP contribution in [0.2, 0.25) is 20.1 Å². The van der Waals surface area contributed by atoms with E-state index < -0.39 is 10.0 Å². The minimum absolute atomic E-state index is 0.137. The second-order valence-electron chi connectivity index (χ2n) is 8.36. The number of nitrogens with two attached hydrogens (primary N) is 1. The molecule has 0 amide bonds. The van der Waals surface area contributed by atoms with E-state index in [0.29, 0.717) is 48.5 Å². The smallest absolute Gasteiger partial charge is 0.279 e. The lowest BCUT2D eigenvalue weighted by atomic mass is 10.0. The van der Waals surface area contributed by atoms with Gasteiger partial charge in [-0.1, -0.05) is 69.1 Å². The maximum absolute atomic E-state index is 12.2. The molecule has 7 nitrogen and oxygen atoms in total. The van der Waals surface area contributed by atoms with Crippen molar-refractivity contribution in [2.75, 3.05) is 0 Å². The topological polar surface area (TPSA) is 104 Å². The summed E-state index contributed by atoms with van der Waals surface area (Å²) in [4.78, 5) is 8.74. The van der Waals surface area contributed by atoms with Crippen LogP contribution < -0.4 is 14.6 Å². The van der Waals surface area contributed by atoms with Gasteiger partial charge in [0, 0.05) is 26.7 Å². The number of rotatable bonds is 6. The first kappa shape index (κ1) is 27.5. The highest BCUT2D eigenvalue weighted by atomic mass is 35.5. The van der Waals surface area contributed by atoms with Gasteiger partial charge in [0.2, 0.25) is 10.0 Å². The first-order chi connectivity index (χ1) is 19.0. The van der Waals surface area contributed by atoms with Gasteiger partial charge in [-0.05, 0) is 66.2 Å². The molecule has 2 heterocycles. The van der Waals surface area contributed by atoms with Gasteiger partial charge in [-0.25, -0.2) is 23.5 Å². The fourth-order valence-corrected chi connectivity index (χ4v) is 7.38. The molecule has 40 heavy (non-hydrogen) atoms. The Balaban J connectivity index is 1.47. The van der Waals surface area contributed by atoms with Crippen LogP contribution in [0.25, 0.3) is 31.6 Å². The highest BCUT2D eigenvalue weighted by molar-refractivity contribution is 7.89. The molecular weight excluding hydrogens is 656 g/mol. The SMILES string of the molecule is NS(=O)(=O)c1ccc(Cl)c(-c2cc(Oc3nc4cc(Cl)ccc4s3)cc(Oc3nc4cc(Cl)ccc4s3)c2)c1Cl. The van der Waals surface area contributed by atoms with Gasteiger partial charge in [-0.3, -0.25) is 0 Å². The number of ether oxygens (including phenoxy) is 2. The second kappa shape index (κ2) is 10.6. The normalized spacial score (nSPS) is 11.8. The molecule has 0 unspecified atom stereocenters. The number of benzene rings is 4. The van der Waals surface area contributed by atoms with Gasteiger partial charge in [-0.2, -0.15) is 0 Å². The van der Waals surface area contributed by atoms with Crippen LogP contribution in [0.15, 0.2) is 71.6 Å². The van der Waals surface area contributed by atoms with E-state index in [1.807, 2.05) is 12.1 Å². The van der Waals surface area contributed by atoms with Crippen LogP contribution in [-0.2, 0) is 10.0 Å². The summed E-state index contributed by atoms with van der Waals surface area (Å²) in [6, 6.07) is 18.3. The van der Waals surface area contributed by atoms with E-state index in [1.54, 1.807) is 42.5 Å². The van der Waals surface area contributed by atoms with Crippen LogP contribution in [0.3, 0.4) is 0 Å². The molecule has 2 aromatic heterocycles. The van der Waals surface area contributed by atoms with Crippen LogP contribution in [0.5, 0.6) is 21.9 Å². The fourth-order valence-electron chi connectivity index (χ4n) is 3.90. The van der Waals surface area contributed by atoms with Crippen LogP contribution in [0.1, 0.15) is 0 Å². The van der Waals surface area contributed by atoms with Crippen molar-refractivity contribution in [2.45, 2.75) is 4.90 Å².